The number of carbonyl (C=O) groups excluding carboxylic acids is 1. The van der Waals surface area contributed by atoms with Crippen molar-refractivity contribution in [2.75, 3.05) is 35.1 Å². The summed E-state index contributed by atoms with van der Waals surface area (Å²) in [7, 11) is -2.59. The van der Waals surface area contributed by atoms with Gasteiger partial charge in [0.2, 0.25) is 5.91 Å². The molecule has 0 saturated carbocycles. The minimum Gasteiger partial charge on any atom is -0.495 e. The van der Waals surface area contributed by atoms with Gasteiger partial charge in [-0.2, -0.15) is 0 Å². The monoisotopic (exact) mass is 485 g/mol. The standard InChI is InChI=1S/C23H24FN5O4S/c1-33-21-9-6-18(13-20(21)28-34(31,32)19-7-4-17(24)5-8-19)27-23(30)16-3-2-12-29(15-16)22-14-25-10-11-26-22/h4-11,13-14,16,28H,2-3,12,15H2,1H3,(H,27,30). The Hall–Kier alpha value is -3.73. The number of benzene rings is 2. The number of amides is 1. The van der Waals surface area contributed by atoms with Crippen LogP contribution in [0.3, 0.4) is 0 Å². The van der Waals surface area contributed by atoms with Crippen LogP contribution in [0.4, 0.5) is 21.6 Å². The van der Waals surface area contributed by atoms with Crippen LogP contribution in [-0.2, 0) is 14.8 Å². The first kappa shape index (κ1) is 23.4. The van der Waals surface area contributed by atoms with E-state index in [0.29, 0.717) is 12.2 Å². The zero-order valence-corrected chi connectivity index (χ0v) is 19.3. The number of sulfonamides is 1. The van der Waals surface area contributed by atoms with E-state index in [9.17, 15) is 17.6 Å². The minimum atomic E-state index is -4.00. The van der Waals surface area contributed by atoms with Crippen LogP contribution in [0.2, 0.25) is 0 Å². The Morgan fingerprint density at radius 2 is 1.97 bits per heavy atom. The molecule has 0 bridgehead atoms. The Morgan fingerprint density at radius 1 is 1.18 bits per heavy atom. The van der Waals surface area contributed by atoms with Gasteiger partial charge in [0.25, 0.3) is 10.0 Å². The third kappa shape index (κ3) is 5.42. The van der Waals surface area contributed by atoms with Crippen LogP contribution in [0.15, 0.2) is 66.0 Å². The summed E-state index contributed by atoms with van der Waals surface area (Å²) < 4.78 is 46.4. The smallest absolute Gasteiger partial charge is 0.262 e. The third-order valence-corrected chi connectivity index (χ3v) is 6.88. The van der Waals surface area contributed by atoms with Crippen molar-refractivity contribution < 1.29 is 22.3 Å². The molecule has 1 unspecified atom stereocenters. The largest absolute Gasteiger partial charge is 0.495 e. The lowest BCUT2D eigenvalue weighted by Gasteiger charge is -2.32. The van der Waals surface area contributed by atoms with Gasteiger partial charge in [-0.25, -0.2) is 17.8 Å². The van der Waals surface area contributed by atoms with E-state index in [1.54, 1.807) is 30.7 Å². The van der Waals surface area contributed by atoms with Crippen molar-refractivity contribution in [3.63, 3.8) is 0 Å². The first-order chi connectivity index (χ1) is 16.4. The molecule has 2 aromatic carbocycles. The summed E-state index contributed by atoms with van der Waals surface area (Å²) in [6.07, 6.45) is 6.44. The quantitative estimate of drug-likeness (QED) is 0.528. The summed E-state index contributed by atoms with van der Waals surface area (Å²) in [6, 6.07) is 9.15. The molecule has 1 aliphatic heterocycles. The van der Waals surface area contributed by atoms with Gasteiger partial charge in [-0.05, 0) is 55.3 Å². The van der Waals surface area contributed by atoms with Gasteiger partial charge in [0, 0.05) is 31.2 Å². The molecule has 0 aliphatic carbocycles. The Kier molecular flexibility index (Phi) is 6.92. The number of aromatic nitrogens is 2. The molecule has 11 heteroatoms. The van der Waals surface area contributed by atoms with E-state index in [1.165, 1.54) is 25.3 Å². The molecule has 1 amide bonds. The highest BCUT2D eigenvalue weighted by molar-refractivity contribution is 7.92. The summed E-state index contributed by atoms with van der Waals surface area (Å²) in [5.74, 6) is 0.0160. The van der Waals surface area contributed by atoms with E-state index < -0.39 is 15.8 Å². The normalized spacial score (nSPS) is 16.1. The molecule has 1 fully saturated rings. The first-order valence-corrected chi connectivity index (χ1v) is 12.1. The predicted molar refractivity (Wildman–Crippen MR) is 126 cm³/mol. The molecular weight excluding hydrogens is 461 g/mol. The topological polar surface area (TPSA) is 114 Å². The lowest BCUT2D eigenvalue weighted by molar-refractivity contribution is -0.120. The highest BCUT2D eigenvalue weighted by Gasteiger charge is 2.27. The number of ether oxygens (including phenoxy) is 1. The number of nitrogens with zero attached hydrogens (tertiary/aromatic N) is 3. The molecule has 1 aliphatic rings. The minimum absolute atomic E-state index is 0.100. The van der Waals surface area contributed by atoms with E-state index in [4.69, 9.17) is 4.74 Å². The van der Waals surface area contributed by atoms with E-state index in [-0.39, 0.29) is 28.2 Å². The molecule has 1 atom stereocenters. The molecule has 2 N–H and O–H groups in total. The summed E-state index contributed by atoms with van der Waals surface area (Å²) in [6.45, 7) is 1.30. The maximum atomic E-state index is 13.2. The number of nitrogens with one attached hydrogen (secondary N) is 2. The van der Waals surface area contributed by atoms with Gasteiger partial charge < -0.3 is 15.0 Å². The molecule has 4 rings (SSSR count). The van der Waals surface area contributed by atoms with Crippen molar-refractivity contribution in [3.05, 3.63) is 66.9 Å². The second kappa shape index (κ2) is 10.0. The van der Waals surface area contributed by atoms with Gasteiger partial charge in [0.1, 0.15) is 17.4 Å². The first-order valence-electron chi connectivity index (χ1n) is 10.6. The molecule has 2 heterocycles. The zero-order valence-electron chi connectivity index (χ0n) is 18.4. The van der Waals surface area contributed by atoms with Gasteiger partial charge in [-0.15, -0.1) is 0 Å². The fraction of sp³-hybridized carbons (Fsp3) is 0.261. The van der Waals surface area contributed by atoms with Crippen molar-refractivity contribution >= 4 is 33.1 Å². The average molecular weight is 486 g/mol. The SMILES string of the molecule is COc1ccc(NC(=O)C2CCCN(c3cnccn3)C2)cc1NS(=O)(=O)c1ccc(F)cc1. The highest BCUT2D eigenvalue weighted by atomic mass is 32.2. The second-order valence-corrected chi connectivity index (χ2v) is 9.49. The maximum absolute atomic E-state index is 13.2. The predicted octanol–water partition coefficient (Wildman–Crippen LogP) is 3.28. The number of hydrogen-bond acceptors (Lipinski definition) is 7. The van der Waals surface area contributed by atoms with Crippen LogP contribution in [0.25, 0.3) is 0 Å². The van der Waals surface area contributed by atoms with E-state index in [2.05, 4.69) is 20.0 Å². The van der Waals surface area contributed by atoms with Gasteiger partial charge in [0.05, 0.1) is 29.8 Å². The van der Waals surface area contributed by atoms with Crippen molar-refractivity contribution in [3.8, 4) is 5.75 Å². The summed E-state index contributed by atoms with van der Waals surface area (Å²) in [4.78, 5) is 23.3. The second-order valence-electron chi connectivity index (χ2n) is 7.81. The van der Waals surface area contributed by atoms with Crippen molar-refractivity contribution in [1.82, 2.24) is 9.97 Å². The van der Waals surface area contributed by atoms with Crippen LogP contribution < -0.4 is 19.7 Å². The van der Waals surface area contributed by atoms with E-state index in [1.807, 2.05) is 4.90 Å². The number of anilines is 3. The molecule has 178 valence electrons. The fourth-order valence-corrected chi connectivity index (χ4v) is 4.84. The van der Waals surface area contributed by atoms with Crippen molar-refractivity contribution in [1.29, 1.82) is 0 Å². The number of carbonyl (C=O) groups is 1. The molecule has 1 aromatic heterocycles. The van der Waals surface area contributed by atoms with Crippen molar-refractivity contribution in [2.45, 2.75) is 17.7 Å². The van der Waals surface area contributed by atoms with Crippen LogP contribution in [0.1, 0.15) is 12.8 Å². The van der Waals surface area contributed by atoms with Crippen LogP contribution >= 0.6 is 0 Å². The summed E-state index contributed by atoms with van der Waals surface area (Å²) in [5.41, 5.74) is 0.564. The number of hydrogen-bond donors (Lipinski definition) is 2. The lowest BCUT2D eigenvalue weighted by atomic mass is 9.97. The van der Waals surface area contributed by atoms with Gasteiger partial charge in [-0.3, -0.25) is 14.5 Å². The molecule has 0 radical (unpaired) electrons. The Bertz CT molecular complexity index is 1260. The number of methoxy groups -OCH3 is 1. The molecule has 3 aromatic rings. The number of rotatable bonds is 7. The fourth-order valence-electron chi connectivity index (χ4n) is 3.78. The molecule has 34 heavy (non-hydrogen) atoms. The number of halogens is 1. The van der Waals surface area contributed by atoms with E-state index >= 15 is 0 Å². The Labute approximate surface area is 197 Å². The summed E-state index contributed by atoms with van der Waals surface area (Å²) in [5, 5.41) is 2.87. The van der Waals surface area contributed by atoms with Crippen LogP contribution in [-0.4, -0.2) is 44.5 Å². The van der Waals surface area contributed by atoms with Gasteiger partial charge >= 0.3 is 0 Å². The van der Waals surface area contributed by atoms with E-state index in [0.717, 1.165) is 37.3 Å². The average Bonchev–Trinajstić information content (AvgIpc) is 2.85. The Balaban J connectivity index is 1.49. The molecule has 1 saturated heterocycles. The molecule has 0 spiro atoms. The van der Waals surface area contributed by atoms with Crippen LogP contribution in [0.5, 0.6) is 5.75 Å². The molecular formula is C23H24FN5O4S. The summed E-state index contributed by atoms with van der Waals surface area (Å²) >= 11 is 0. The lowest BCUT2D eigenvalue weighted by Crippen LogP contribution is -2.41. The third-order valence-electron chi connectivity index (χ3n) is 5.50. The van der Waals surface area contributed by atoms with Gasteiger partial charge in [-0.1, -0.05) is 0 Å². The van der Waals surface area contributed by atoms with Crippen LogP contribution in [0, 0.1) is 11.7 Å². The van der Waals surface area contributed by atoms with Gasteiger partial charge in [0.15, 0.2) is 0 Å². The maximum Gasteiger partial charge on any atom is 0.262 e. The Morgan fingerprint density at radius 3 is 2.68 bits per heavy atom. The van der Waals surface area contributed by atoms with Crippen molar-refractivity contribution in [2.24, 2.45) is 5.92 Å². The number of piperidine rings is 1. The molecule has 9 nitrogen and oxygen atoms in total. The zero-order chi connectivity index (χ0) is 24.1. The highest BCUT2D eigenvalue weighted by Crippen LogP contribution is 2.31.